The van der Waals surface area contributed by atoms with Crippen molar-refractivity contribution in [1.29, 1.82) is 0 Å². The van der Waals surface area contributed by atoms with Gasteiger partial charge in [-0.1, -0.05) is 41.9 Å². The summed E-state index contributed by atoms with van der Waals surface area (Å²) in [6.45, 7) is 2.33. The monoisotopic (exact) mass is 331 g/mol. The smallest absolute Gasteiger partial charge is 0.251 e. The van der Waals surface area contributed by atoms with E-state index in [2.05, 4.69) is 5.32 Å². The van der Waals surface area contributed by atoms with Crippen molar-refractivity contribution in [3.05, 3.63) is 70.7 Å². The molecule has 4 nitrogen and oxygen atoms in total. The minimum atomic E-state index is -0.438. The molecule has 2 aromatic rings. The van der Waals surface area contributed by atoms with Crippen molar-refractivity contribution in [2.24, 2.45) is 0 Å². The lowest BCUT2D eigenvalue weighted by Gasteiger charge is -2.35. The molecule has 0 unspecified atom stereocenters. The third-order valence-corrected chi connectivity index (χ3v) is 4.08. The van der Waals surface area contributed by atoms with Crippen LogP contribution in [0.15, 0.2) is 54.6 Å². The first kappa shape index (κ1) is 16.0. The maximum absolute atomic E-state index is 12.2. The van der Waals surface area contributed by atoms with E-state index in [1.807, 2.05) is 37.3 Å². The van der Waals surface area contributed by atoms with E-state index in [1.165, 1.54) is 0 Å². The van der Waals surface area contributed by atoms with Gasteiger partial charge in [-0.2, -0.15) is 0 Å². The molecule has 0 radical (unpaired) electrons. The standard InChI is InChI=1S/C18H18ClNO3/c1-12-16(20-17(21)13-5-3-2-4-6-13)11-22-18(23-12)14-7-9-15(19)10-8-14/h2-10,12,16,18H,11H2,1H3,(H,20,21)/t12-,16+,18+/m0/s1. The Morgan fingerprint density at radius 3 is 2.48 bits per heavy atom. The highest BCUT2D eigenvalue weighted by Crippen LogP contribution is 2.27. The van der Waals surface area contributed by atoms with Gasteiger partial charge in [-0.15, -0.1) is 0 Å². The van der Waals surface area contributed by atoms with Crippen molar-refractivity contribution < 1.29 is 14.3 Å². The second-order valence-corrected chi connectivity index (χ2v) is 5.94. The minimum Gasteiger partial charge on any atom is -0.346 e. The van der Waals surface area contributed by atoms with Gasteiger partial charge in [0.1, 0.15) is 0 Å². The molecule has 0 saturated carbocycles. The van der Waals surface area contributed by atoms with E-state index in [4.69, 9.17) is 21.1 Å². The first-order valence-electron chi connectivity index (χ1n) is 7.52. The van der Waals surface area contributed by atoms with Crippen LogP contribution in [0, 0.1) is 0 Å². The summed E-state index contributed by atoms with van der Waals surface area (Å²) in [6.07, 6.45) is -0.593. The van der Waals surface area contributed by atoms with E-state index >= 15 is 0 Å². The van der Waals surface area contributed by atoms with E-state index < -0.39 is 6.29 Å². The zero-order chi connectivity index (χ0) is 16.2. The van der Waals surface area contributed by atoms with E-state index in [0.29, 0.717) is 17.2 Å². The van der Waals surface area contributed by atoms with Crippen molar-refractivity contribution in [3.63, 3.8) is 0 Å². The Morgan fingerprint density at radius 1 is 1.13 bits per heavy atom. The number of nitrogens with one attached hydrogen (secondary N) is 1. The molecule has 23 heavy (non-hydrogen) atoms. The molecule has 1 aliphatic rings. The molecule has 1 amide bonds. The summed E-state index contributed by atoms with van der Waals surface area (Å²) < 4.78 is 11.6. The first-order valence-corrected chi connectivity index (χ1v) is 7.90. The van der Waals surface area contributed by atoms with Crippen LogP contribution in [-0.2, 0) is 9.47 Å². The number of halogens is 1. The topological polar surface area (TPSA) is 47.6 Å². The zero-order valence-corrected chi connectivity index (χ0v) is 13.5. The fourth-order valence-electron chi connectivity index (χ4n) is 2.45. The van der Waals surface area contributed by atoms with E-state index in [-0.39, 0.29) is 18.1 Å². The Morgan fingerprint density at radius 2 is 1.83 bits per heavy atom. The molecule has 0 spiro atoms. The Kier molecular flexibility index (Phi) is 4.96. The molecule has 0 bridgehead atoms. The van der Waals surface area contributed by atoms with Crippen LogP contribution in [0.1, 0.15) is 29.1 Å². The van der Waals surface area contributed by atoms with Crippen LogP contribution >= 0.6 is 11.6 Å². The summed E-state index contributed by atoms with van der Waals surface area (Å²) in [5.74, 6) is -0.125. The van der Waals surface area contributed by atoms with Gasteiger partial charge >= 0.3 is 0 Å². The molecule has 1 saturated heterocycles. The first-order chi connectivity index (χ1) is 11.1. The number of hydrogen-bond acceptors (Lipinski definition) is 3. The second kappa shape index (κ2) is 7.13. The van der Waals surface area contributed by atoms with Crippen LogP contribution in [0.25, 0.3) is 0 Å². The fraction of sp³-hybridized carbons (Fsp3) is 0.278. The third kappa shape index (κ3) is 3.91. The molecule has 3 rings (SSSR count). The van der Waals surface area contributed by atoms with Crippen LogP contribution < -0.4 is 5.32 Å². The van der Waals surface area contributed by atoms with E-state index in [1.54, 1.807) is 24.3 Å². The zero-order valence-electron chi connectivity index (χ0n) is 12.7. The fourth-order valence-corrected chi connectivity index (χ4v) is 2.58. The normalized spacial score (nSPS) is 24.2. The Hall–Kier alpha value is -1.88. The number of carbonyl (C=O) groups is 1. The van der Waals surface area contributed by atoms with Crippen LogP contribution in [0.3, 0.4) is 0 Å². The molecular formula is C18H18ClNO3. The van der Waals surface area contributed by atoms with Gasteiger partial charge in [0.2, 0.25) is 0 Å². The SMILES string of the molecule is C[C@@H]1O[C@H](c2ccc(Cl)cc2)OC[C@H]1NC(=O)c1ccccc1. The van der Waals surface area contributed by atoms with Crippen LogP contribution in [0.5, 0.6) is 0 Å². The third-order valence-electron chi connectivity index (χ3n) is 3.83. The lowest BCUT2D eigenvalue weighted by atomic mass is 10.1. The predicted octanol–water partition coefficient (Wildman–Crippen LogP) is 3.57. The quantitative estimate of drug-likeness (QED) is 0.935. The molecular weight excluding hydrogens is 314 g/mol. The summed E-state index contributed by atoms with van der Waals surface area (Å²) in [4.78, 5) is 12.2. The molecule has 120 valence electrons. The minimum absolute atomic E-state index is 0.125. The summed E-state index contributed by atoms with van der Waals surface area (Å²) in [6, 6.07) is 16.3. The van der Waals surface area contributed by atoms with E-state index in [0.717, 1.165) is 5.56 Å². The number of benzene rings is 2. The molecule has 1 N–H and O–H groups in total. The van der Waals surface area contributed by atoms with Crippen molar-refractivity contribution in [2.45, 2.75) is 25.4 Å². The van der Waals surface area contributed by atoms with Gasteiger partial charge in [0, 0.05) is 16.1 Å². The lowest BCUT2D eigenvalue weighted by Crippen LogP contribution is -2.50. The number of rotatable bonds is 3. The average molecular weight is 332 g/mol. The van der Waals surface area contributed by atoms with Crippen molar-refractivity contribution in [2.75, 3.05) is 6.61 Å². The Bertz CT molecular complexity index is 660. The van der Waals surface area contributed by atoms with Crippen molar-refractivity contribution >= 4 is 17.5 Å². The highest BCUT2D eigenvalue weighted by molar-refractivity contribution is 6.30. The number of amides is 1. The van der Waals surface area contributed by atoms with Gasteiger partial charge in [-0.05, 0) is 31.2 Å². The molecule has 1 heterocycles. The van der Waals surface area contributed by atoms with Crippen LogP contribution in [-0.4, -0.2) is 24.7 Å². The molecule has 5 heteroatoms. The predicted molar refractivity (Wildman–Crippen MR) is 88.4 cm³/mol. The average Bonchev–Trinajstić information content (AvgIpc) is 2.58. The molecule has 3 atom stereocenters. The molecule has 2 aromatic carbocycles. The summed E-state index contributed by atoms with van der Waals surface area (Å²) in [7, 11) is 0. The molecule has 1 fully saturated rings. The molecule has 0 aromatic heterocycles. The summed E-state index contributed by atoms with van der Waals surface area (Å²) >= 11 is 5.89. The summed E-state index contributed by atoms with van der Waals surface area (Å²) in [5.41, 5.74) is 1.54. The number of carbonyl (C=O) groups excluding carboxylic acids is 1. The van der Waals surface area contributed by atoms with Gasteiger partial charge < -0.3 is 14.8 Å². The molecule has 0 aliphatic carbocycles. The van der Waals surface area contributed by atoms with Gasteiger partial charge in [0.25, 0.3) is 5.91 Å². The highest BCUT2D eigenvalue weighted by atomic mass is 35.5. The van der Waals surface area contributed by atoms with Gasteiger partial charge in [-0.3, -0.25) is 4.79 Å². The van der Waals surface area contributed by atoms with E-state index in [9.17, 15) is 4.79 Å². The van der Waals surface area contributed by atoms with Crippen molar-refractivity contribution in [3.8, 4) is 0 Å². The molecule has 1 aliphatic heterocycles. The Labute approximate surface area is 140 Å². The second-order valence-electron chi connectivity index (χ2n) is 5.50. The Balaban J connectivity index is 1.60. The van der Waals surface area contributed by atoms with Gasteiger partial charge in [-0.25, -0.2) is 0 Å². The summed E-state index contributed by atoms with van der Waals surface area (Å²) in [5, 5.41) is 3.63. The number of ether oxygens (including phenoxy) is 2. The maximum Gasteiger partial charge on any atom is 0.251 e. The highest BCUT2D eigenvalue weighted by Gasteiger charge is 2.31. The van der Waals surface area contributed by atoms with Crippen LogP contribution in [0.4, 0.5) is 0 Å². The maximum atomic E-state index is 12.2. The largest absolute Gasteiger partial charge is 0.346 e. The van der Waals surface area contributed by atoms with Gasteiger partial charge in [0.15, 0.2) is 6.29 Å². The number of hydrogen-bond donors (Lipinski definition) is 1. The lowest BCUT2D eigenvalue weighted by molar-refractivity contribution is -0.222. The van der Waals surface area contributed by atoms with Crippen molar-refractivity contribution in [1.82, 2.24) is 5.32 Å². The van der Waals surface area contributed by atoms with Gasteiger partial charge in [0.05, 0.1) is 18.8 Å². The van der Waals surface area contributed by atoms with Crippen LogP contribution in [0.2, 0.25) is 5.02 Å².